The first-order chi connectivity index (χ1) is 13.5. The standard InChI is InChI=1S/C25H43NO3/c1-10-21(12-13-24(27)29-11-2)26(28)19(9)25-22(17(5)6)14-20(16(3)4)15-23(25)18(7)8/h14-19,21,28H,10-13H2,1-9H3. The van der Waals surface area contributed by atoms with Crippen molar-refractivity contribution in [3.05, 3.63) is 34.4 Å². The van der Waals surface area contributed by atoms with Crippen LogP contribution < -0.4 is 0 Å². The van der Waals surface area contributed by atoms with Crippen molar-refractivity contribution in [2.45, 2.75) is 111 Å². The Morgan fingerprint density at radius 2 is 1.48 bits per heavy atom. The molecule has 1 rings (SSSR count). The van der Waals surface area contributed by atoms with Crippen LogP contribution in [0.3, 0.4) is 0 Å². The molecule has 0 radical (unpaired) electrons. The van der Waals surface area contributed by atoms with Gasteiger partial charge in [-0.1, -0.05) is 60.6 Å². The van der Waals surface area contributed by atoms with Crippen molar-refractivity contribution in [3.8, 4) is 0 Å². The highest BCUT2D eigenvalue weighted by atomic mass is 16.5. The van der Waals surface area contributed by atoms with E-state index in [2.05, 4.69) is 67.5 Å². The molecule has 0 amide bonds. The van der Waals surface area contributed by atoms with Crippen LogP contribution in [0, 0.1) is 0 Å². The molecule has 0 aliphatic carbocycles. The first-order valence-electron chi connectivity index (χ1n) is 11.3. The zero-order valence-electron chi connectivity index (χ0n) is 20.1. The van der Waals surface area contributed by atoms with Crippen LogP contribution in [0.2, 0.25) is 0 Å². The quantitative estimate of drug-likeness (QED) is 0.320. The highest BCUT2D eigenvalue weighted by Crippen LogP contribution is 2.38. The number of carbonyl (C=O) groups excluding carboxylic acids is 1. The third-order valence-corrected chi connectivity index (χ3v) is 5.82. The van der Waals surface area contributed by atoms with E-state index in [1.165, 1.54) is 27.3 Å². The second-order valence-electron chi connectivity index (χ2n) is 9.04. The zero-order chi connectivity index (χ0) is 22.3. The Hall–Kier alpha value is -1.39. The lowest BCUT2D eigenvalue weighted by atomic mass is 9.81. The van der Waals surface area contributed by atoms with Crippen LogP contribution in [0.15, 0.2) is 12.1 Å². The van der Waals surface area contributed by atoms with Gasteiger partial charge in [0, 0.05) is 12.5 Å². The van der Waals surface area contributed by atoms with E-state index in [9.17, 15) is 10.0 Å². The minimum atomic E-state index is -0.195. The van der Waals surface area contributed by atoms with Gasteiger partial charge in [-0.3, -0.25) is 4.79 Å². The third kappa shape index (κ3) is 6.82. The molecule has 0 aliphatic heterocycles. The second kappa shape index (κ2) is 11.7. The maximum absolute atomic E-state index is 11.8. The number of hydroxylamine groups is 2. The third-order valence-electron chi connectivity index (χ3n) is 5.82. The fourth-order valence-corrected chi connectivity index (χ4v) is 3.98. The van der Waals surface area contributed by atoms with Crippen molar-refractivity contribution in [2.75, 3.05) is 6.61 Å². The Bertz CT molecular complexity index is 622. The van der Waals surface area contributed by atoms with Crippen LogP contribution in [0.1, 0.15) is 128 Å². The van der Waals surface area contributed by atoms with E-state index in [4.69, 9.17) is 4.74 Å². The lowest BCUT2D eigenvalue weighted by molar-refractivity contribution is -0.164. The van der Waals surface area contributed by atoms with Crippen molar-refractivity contribution in [2.24, 2.45) is 0 Å². The predicted molar refractivity (Wildman–Crippen MR) is 121 cm³/mol. The molecule has 1 aromatic rings. The molecule has 29 heavy (non-hydrogen) atoms. The summed E-state index contributed by atoms with van der Waals surface area (Å²) in [6.45, 7) is 19.7. The highest BCUT2D eigenvalue weighted by Gasteiger charge is 2.28. The van der Waals surface area contributed by atoms with E-state index in [1.54, 1.807) is 0 Å². The van der Waals surface area contributed by atoms with Crippen LogP contribution in [-0.4, -0.2) is 28.9 Å². The molecule has 1 N–H and O–H groups in total. The fraction of sp³-hybridized carbons (Fsp3) is 0.720. The summed E-state index contributed by atoms with van der Waals surface area (Å²) in [5, 5.41) is 12.6. The zero-order valence-corrected chi connectivity index (χ0v) is 20.1. The SMILES string of the molecule is CCOC(=O)CCC(CC)N(O)C(C)c1c(C(C)C)cc(C(C)C)cc1C(C)C. The molecule has 0 spiro atoms. The minimum Gasteiger partial charge on any atom is -0.466 e. The Labute approximate surface area is 178 Å². The number of carbonyl (C=O) groups is 1. The number of benzene rings is 1. The number of esters is 1. The fourth-order valence-electron chi connectivity index (χ4n) is 3.98. The molecule has 2 unspecified atom stereocenters. The van der Waals surface area contributed by atoms with Gasteiger partial charge in [0.1, 0.15) is 0 Å². The van der Waals surface area contributed by atoms with Gasteiger partial charge >= 0.3 is 5.97 Å². The summed E-state index contributed by atoms with van der Waals surface area (Å²) in [7, 11) is 0. The smallest absolute Gasteiger partial charge is 0.305 e. The normalized spacial score (nSPS) is 14.1. The summed E-state index contributed by atoms with van der Waals surface area (Å²) in [5.74, 6) is 1.01. The first kappa shape index (κ1) is 25.6. The predicted octanol–water partition coefficient (Wildman–Crippen LogP) is 6.93. The van der Waals surface area contributed by atoms with Crippen molar-refractivity contribution in [3.63, 3.8) is 0 Å². The Kier molecular flexibility index (Phi) is 10.4. The molecule has 166 valence electrons. The van der Waals surface area contributed by atoms with Crippen LogP contribution in [0.25, 0.3) is 0 Å². The highest BCUT2D eigenvalue weighted by molar-refractivity contribution is 5.69. The van der Waals surface area contributed by atoms with Gasteiger partial charge in [-0.15, -0.1) is 0 Å². The lowest BCUT2D eigenvalue weighted by Crippen LogP contribution is -2.35. The summed E-state index contributed by atoms with van der Waals surface area (Å²) in [6.07, 6.45) is 1.70. The maximum Gasteiger partial charge on any atom is 0.305 e. The van der Waals surface area contributed by atoms with E-state index in [-0.39, 0.29) is 18.1 Å². The molecule has 0 fully saturated rings. The molecular formula is C25H43NO3. The van der Waals surface area contributed by atoms with Crippen LogP contribution in [0.5, 0.6) is 0 Å². The molecule has 0 aromatic heterocycles. The maximum atomic E-state index is 11.8. The average molecular weight is 406 g/mol. The lowest BCUT2D eigenvalue weighted by Gasteiger charge is -2.35. The van der Waals surface area contributed by atoms with E-state index < -0.39 is 0 Å². The van der Waals surface area contributed by atoms with E-state index >= 15 is 0 Å². The molecule has 0 saturated carbocycles. The summed E-state index contributed by atoms with van der Waals surface area (Å²) < 4.78 is 5.06. The number of nitrogens with zero attached hydrogens (tertiary/aromatic N) is 1. The van der Waals surface area contributed by atoms with Crippen LogP contribution >= 0.6 is 0 Å². The van der Waals surface area contributed by atoms with E-state index in [0.717, 1.165) is 6.42 Å². The average Bonchev–Trinajstić information content (AvgIpc) is 2.66. The summed E-state index contributed by atoms with van der Waals surface area (Å²) >= 11 is 0. The minimum absolute atomic E-state index is 0.0841. The number of ether oxygens (including phenoxy) is 1. The topological polar surface area (TPSA) is 49.8 Å². The van der Waals surface area contributed by atoms with Gasteiger partial charge in [0.15, 0.2) is 0 Å². The number of hydrogen-bond acceptors (Lipinski definition) is 4. The van der Waals surface area contributed by atoms with E-state index in [0.29, 0.717) is 37.2 Å². The summed E-state index contributed by atoms with van der Waals surface area (Å²) in [4.78, 5) is 11.8. The largest absolute Gasteiger partial charge is 0.466 e. The number of hydrogen-bond donors (Lipinski definition) is 1. The van der Waals surface area contributed by atoms with Gasteiger partial charge < -0.3 is 9.94 Å². The van der Waals surface area contributed by atoms with Crippen molar-refractivity contribution < 1.29 is 14.7 Å². The Morgan fingerprint density at radius 3 is 1.86 bits per heavy atom. The van der Waals surface area contributed by atoms with Crippen LogP contribution in [-0.2, 0) is 9.53 Å². The van der Waals surface area contributed by atoms with Crippen LogP contribution in [0.4, 0.5) is 0 Å². The molecule has 4 nitrogen and oxygen atoms in total. The van der Waals surface area contributed by atoms with Gasteiger partial charge in [-0.2, -0.15) is 5.06 Å². The Balaban J connectivity index is 3.29. The molecule has 4 heteroatoms. The molecular weight excluding hydrogens is 362 g/mol. The van der Waals surface area contributed by atoms with Gasteiger partial charge in [0.05, 0.1) is 12.6 Å². The summed E-state index contributed by atoms with van der Waals surface area (Å²) in [5.41, 5.74) is 5.21. The van der Waals surface area contributed by atoms with Crippen molar-refractivity contribution in [1.29, 1.82) is 0 Å². The molecule has 0 aliphatic rings. The van der Waals surface area contributed by atoms with Gasteiger partial charge in [0.25, 0.3) is 0 Å². The molecule has 0 saturated heterocycles. The van der Waals surface area contributed by atoms with Crippen molar-refractivity contribution in [1.82, 2.24) is 5.06 Å². The van der Waals surface area contributed by atoms with Crippen molar-refractivity contribution >= 4 is 5.97 Å². The molecule has 2 atom stereocenters. The molecule has 0 bridgehead atoms. The monoisotopic (exact) mass is 405 g/mol. The van der Waals surface area contributed by atoms with Gasteiger partial charge in [-0.05, 0) is 66.7 Å². The van der Waals surface area contributed by atoms with Gasteiger partial charge in [0.2, 0.25) is 0 Å². The summed E-state index contributed by atoms with van der Waals surface area (Å²) in [6, 6.07) is 4.42. The Morgan fingerprint density at radius 1 is 0.966 bits per heavy atom. The molecule has 1 aromatic carbocycles. The second-order valence-corrected chi connectivity index (χ2v) is 9.04. The molecule has 0 heterocycles. The first-order valence-corrected chi connectivity index (χ1v) is 11.3. The number of rotatable bonds is 11. The van der Waals surface area contributed by atoms with Gasteiger partial charge in [-0.25, -0.2) is 0 Å². The van der Waals surface area contributed by atoms with E-state index in [1.807, 2.05) is 6.92 Å².